The summed E-state index contributed by atoms with van der Waals surface area (Å²) in [7, 11) is 1.58. The molecule has 3 atom stereocenters. The number of likely N-dealkylation sites (tertiary alicyclic amines) is 1. The van der Waals surface area contributed by atoms with Crippen molar-refractivity contribution in [1.29, 1.82) is 0 Å². The molecule has 150 valence electrons. The fourth-order valence-corrected chi connectivity index (χ4v) is 3.89. The number of methoxy groups -OCH3 is 1. The molecule has 3 unspecified atom stereocenters. The molecule has 0 bridgehead atoms. The van der Waals surface area contributed by atoms with Crippen molar-refractivity contribution in [3.8, 4) is 5.75 Å². The Morgan fingerprint density at radius 2 is 1.89 bits per heavy atom. The van der Waals surface area contributed by atoms with E-state index in [0.717, 1.165) is 5.56 Å². The summed E-state index contributed by atoms with van der Waals surface area (Å²) in [6.07, 6.45) is -1.58. The van der Waals surface area contributed by atoms with E-state index in [1.165, 1.54) is 14.1 Å². The van der Waals surface area contributed by atoms with Crippen molar-refractivity contribution in [3.05, 3.63) is 46.1 Å². The average Bonchev–Trinajstić information content (AvgIpc) is 3.21. The normalized spacial score (nSPS) is 24.2. The first-order valence-electron chi connectivity index (χ1n) is 9.36. The van der Waals surface area contributed by atoms with E-state index in [0.29, 0.717) is 30.8 Å². The maximum Gasteiger partial charge on any atom is 0.346 e. The number of benzene rings is 1. The summed E-state index contributed by atoms with van der Waals surface area (Å²) in [5.41, 5.74) is 0.498. The fraction of sp³-hybridized carbons (Fsp3) is 0.526. The van der Waals surface area contributed by atoms with E-state index in [1.807, 2.05) is 12.1 Å². The number of ether oxygens (including phenoxy) is 1. The molecule has 3 heterocycles. The Morgan fingerprint density at radius 1 is 1.21 bits per heavy atom. The van der Waals surface area contributed by atoms with Crippen LogP contribution in [0.15, 0.2) is 29.1 Å². The van der Waals surface area contributed by atoms with Crippen LogP contribution in [0.3, 0.4) is 0 Å². The third-order valence-corrected chi connectivity index (χ3v) is 5.40. The summed E-state index contributed by atoms with van der Waals surface area (Å²) in [5, 5.41) is 4.39. The molecule has 0 radical (unpaired) electrons. The lowest BCUT2D eigenvalue weighted by Crippen LogP contribution is -2.42. The molecule has 0 saturated carbocycles. The number of amides is 1. The highest BCUT2D eigenvalue weighted by Crippen LogP contribution is 2.27. The first-order valence-corrected chi connectivity index (χ1v) is 9.36. The number of alkyl halides is 2. The van der Waals surface area contributed by atoms with Crippen LogP contribution in [0.25, 0.3) is 0 Å². The number of halogens is 2. The summed E-state index contributed by atoms with van der Waals surface area (Å²) in [6.45, 7) is -0.256. The van der Waals surface area contributed by atoms with Gasteiger partial charge in [0.2, 0.25) is 5.91 Å². The van der Waals surface area contributed by atoms with Gasteiger partial charge in [-0.15, -0.1) is 0 Å². The molecule has 4 rings (SSSR count). The Balaban J connectivity index is 1.59. The van der Waals surface area contributed by atoms with E-state index in [9.17, 15) is 18.4 Å². The predicted molar refractivity (Wildman–Crippen MR) is 96.9 cm³/mol. The number of nitrogens with zero attached hydrogens (tertiary/aromatic N) is 4. The zero-order chi connectivity index (χ0) is 19.8. The quantitative estimate of drug-likeness (QED) is 0.791. The molecule has 2 aromatic rings. The molecule has 1 aromatic heterocycles. The lowest BCUT2D eigenvalue weighted by atomic mass is 10.0. The lowest BCUT2D eigenvalue weighted by molar-refractivity contribution is -0.134. The average molecular weight is 392 g/mol. The van der Waals surface area contributed by atoms with Gasteiger partial charge in [-0.05, 0) is 30.5 Å². The van der Waals surface area contributed by atoms with E-state index in [-0.39, 0.29) is 25.3 Å². The molecule has 28 heavy (non-hydrogen) atoms. The number of carbonyl (C=O) groups excluding carboxylic acids is 1. The fourth-order valence-electron chi connectivity index (χ4n) is 3.89. The maximum atomic E-state index is 13.5. The van der Waals surface area contributed by atoms with Crippen LogP contribution in [0.4, 0.5) is 8.78 Å². The molecule has 1 saturated heterocycles. The second-order valence-corrected chi connectivity index (χ2v) is 7.26. The molecule has 0 spiro atoms. The topological polar surface area (TPSA) is 69.4 Å². The molecule has 1 amide bonds. The number of aromatic nitrogens is 3. The summed E-state index contributed by atoms with van der Waals surface area (Å²) >= 11 is 0. The smallest absolute Gasteiger partial charge is 0.346 e. The number of carbonyl (C=O) groups is 1. The van der Waals surface area contributed by atoms with Gasteiger partial charge in [-0.3, -0.25) is 9.36 Å². The highest BCUT2D eigenvalue weighted by atomic mass is 19.2. The summed E-state index contributed by atoms with van der Waals surface area (Å²) < 4.78 is 34.9. The van der Waals surface area contributed by atoms with Crippen LogP contribution in [0, 0.1) is 0 Å². The second kappa shape index (κ2) is 7.37. The summed E-state index contributed by atoms with van der Waals surface area (Å²) in [4.78, 5) is 26.9. The van der Waals surface area contributed by atoms with E-state index in [4.69, 9.17) is 4.74 Å². The third-order valence-electron chi connectivity index (χ3n) is 5.40. The number of hydrogen-bond donors (Lipinski definition) is 0. The Kier molecular flexibility index (Phi) is 4.91. The molecule has 0 N–H and O–H groups in total. The van der Waals surface area contributed by atoms with Crippen molar-refractivity contribution in [2.75, 3.05) is 20.2 Å². The van der Waals surface area contributed by atoms with Crippen molar-refractivity contribution in [2.24, 2.45) is 0 Å². The summed E-state index contributed by atoms with van der Waals surface area (Å²) in [6, 6.07) is 6.55. The molecule has 0 aliphatic carbocycles. The van der Waals surface area contributed by atoms with E-state index in [1.54, 1.807) is 19.2 Å². The van der Waals surface area contributed by atoms with Crippen LogP contribution < -0.4 is 10.4 Å². The van der Waals surface area contributed by atoms with Crippen LogP contribution >= 0.6 is 0 Å². The largest absolute Gasteiger partial charge is 0.497 e. The van der Waals surface area contributed by atoms with Crippen molar-refractivity contribution in [3.63, 3.8) is 0 Å². The van der Waals surface area contributed by atoms with Gasteiger partial charge in [-0.25, -0.2) is 18.3 Å². The first kappa shape index (κ1) is 18.6. The monoisotopic (exact) mass is 392 g/mol. The van der Waals surface area contributed by atoms with Crippen molar-refractivity contribution < 1.29 is 18.3 Å². The van der Waals surface area contributed by atoms with Gasteiger partial charge in [-0.1, -0.05) is 12.1 Å². The molecule has 2 aliphatic heterocycles. The Bertz CT molecular complexity index is 914. The van der Waals surface area contributed by atoms with Crippen LogP contribution in [-0.4, -0.2) is 57.7 Å². The minimum atomic E-state index is -1.67. The van der Waals surface area contributed by atoms with Gasteiger partial charge in [0.1, 0.15) is 17.6 Å². The third kappa shape index (κ3) is 3.29. The SMILES string of the molecule is COc1ccc(Cn2nc3n(c2=O)C(C(=O)N2CC(F)C(F)C2)CCC3)cc1. The first-order chi connectivity index (χ1) is 13.5. The predicted octanol–water partition coefficient (Wildman–Crippen LogP) is 1.50. The van der Waals surface area contributed by atoms with Gasteiger partial charge >= 0.3 is 5.69 Å². The highest BCUT2D eigenvalue weighted by molar-refractivity contribution is 5.81. The highest BCUT2D eigenvalue weighted by Gasteiger charge is 2.40. The van der Waals surface area contributed by atoms with E-state index >= 15 is 0 Å². The number of aryl methyl sites for hydroxylation is 1. The molecule has 9 heteroatoms. The number of fused-ring (bicyclic) bond motifs is 1. The van der Waals surface area contributed by atoms with Gasteiger partial charge < -0.3 is 9.64 Å². The maximum absolute atomic E-state index is 13.5. The minimum Gasteiger partial charge on any atom is -0.497 e. The molecule has 1 fully saturated rings. The minimum absolute atomic E-state index is 0.263. The molecule has 7 nitrogen and oxygen atoms in total. The van der Waals surface area contributed by atoms with E-state index < -0.39 is 24.3 Å². The summed E-state index contributed by atoms with van der Waals surface area (Å²) in [5.74, 6) is 0.847. The van der Waals surface area contributed by atoms with Gasteiger partial charge in [-0.2, -0.15) is 5.10 Å². The van der Waals surface area contributed by atoms with Crippen LogP contribution in [0.5, 0.6) is 5.75 Å². The van der Waals surface area contributed by atoms with Crippen LogP contribution in [0.1, 0.15) is 30.3 Å². The van der Waals surface area contributed by atoms with Crippen molar-refractivity contribution in [1.82, 2.24) is 19.2 Å². The van der Waals surface area contributed by atoms with Gasteiger partial charge in [0.15, 0.2) is 12.3 Å². The van der Waals surface area contributed by atoms with Gasteiger partial charge in [0, 0.05) is 6.42 Å². The van der Waals surface area contributed by atoms with Crippen molar-refractivity contribution >= 4 is 5.91 Å². The Labute approximate surface area is 160 Å². The zero-order valence-corrected chi connectivity index (χ0v) is 15.6. The molecular weight excluding hydrogens is 370 g/mol. The molecular formula is C19H22F2N4O3. The molecule has 2 aliphatic rings. The number of rotatable bonds is 4. The van der Waals surface area contributed by atoms with E-state index in [2.05, 4.69) is 5.10 Å². The van der Waals surface area contributed by atoms with Gasteiger partial charge in [0.25, 0.3) is 0 Å². The van der Waals surface area contributed by atoms with Crippen LogP contribution in [-0.2, 0) is 17.8 Å². The number of hydrogen-bond acceptors (Lipinski definition) is 4. The van der Waals surface area contributed by atoms with Crippen molar-refractivity contribution in [2.45, 2.75) is 44.2 Å². The van der Waals surface area contributed by atoms with Crippen LogP contribution in [0.2, 0.25) is 0 Å². The molecule has 1 aromatic carbocycles. The van der Waals surface area contributed by atoms with Gasteiger partial charge in [0.05, 0.1) is 26.7 Å². The Morgan fingerprint density at radius 3 is 2.54 bits per heavy atom. The zero-order valence-electron chi connectivity index (χ0n) is 15.6. The standard InChI is InChI=1S/C19H22F2N4O3/c1-28-13-7-5-12(6-8-13)9-24-19(27)25-16(3-2-4-17(25)22-24)18(26)23-10-14(20)15(21)11-23/h5-8,14-16H,2-4,9-11H2,1H3. The lowest BCUT2D eigenvalue weighted by Gasteiger charge is -2.26. The second-order valence-electron chi connectivity index (χ2n) is 7.26. The Hall–Kier alpha value is -2.71.